The molecule has 1 heterocycles. The number of likely N-dealkylation sites (tertiary alicyclic amines) is 1. The van der Waals surface area contributed by atoms with E-state index in [-0.39, 0.29) is 17.7 Å². The molecule has 2 atom stereocenters. The molecule has 0 amide bonds. The van der Waals surface area contributed by atoms with Crippen LogP contribution in [0, 0.1) is 11.8 Å². The van der Waals surface area contributed by atoms with Gasteiger partial charge >= 0.3 is 5.97 Å². The standard InChI is InChI=1S/C11H19NO3/c1-7(2)9-10(13)8(11(14)15-4)5-6-12(9)3/h7-9H,5-6H2,1-4H3. The lowest BCUT2D eigenvalue weighted by molar-refractivity contribution is -0.154. The highest BCUT2D eigenvalue weighted by molar-refractivity contribution is 6.02. The first-order valence-corrected chi connectivity index (χ1v) is 5.30. The molecular weight excluding hydrogens is 194 g/mol. The number of hydrogen-bond donors (Lipinski definition) is 0. The average molecular weight is 213 g/mol. The molecule has 0 aromatic rings. The first-order valence-electron chi connectivity index (χ1n) is 5.30. The summed E-state index contributed by atoms with van der Waals surface area (Å²) in [6.45, 7) is 4.77. The molecule has 0 N–H and O–H groups in total. The number of methoxy groups -OCH3 is 1. The maximum Gasteiger partial charge on any atom is 0.316 e. The number of ketones is 1. The summed E-state index contributed by atoms with van der Waals surface area (Å²) in [5, 5.41) is 0. The summed E-state index contributed by atoms with van der Waals surface area (Å²) in [4.78, 5) is 25.4. The highest BCUT2D eigenvalue weighted by Gasteiger charge is 2.40. The van der Waals surface area contributed by atoms with Crippen LogP contribution in [0.1, 0.15) is 20.3 Å². The molecule has 0 bridgehead atoms. The van der Waals surface area contributed by atoms with E-state index in [0.29, 0.717) is 6.42 Å². The lowest BCUT2D eigenvalue weighted by Crippen LogP contribution is -2.52. The Hall–Kier alpha value is -0.900. The third-order valence-electron chi connectivity index (χ3n) is 3.00. The molecule has 0 spiro atoms. The fourth-order valence-electron chi connectivity index (χ4n) is 2.25. The van der Waals surface area contributed by atoms with Crippen molar-refractivity contribution in [2.24, 2.45) is 11.8 Å². The van der Waals surface area contributed by atoms with Crippen molar-refractivity contribution in [3.8, 4) is 0 Å². The normalized spacial score (nSPS) is 28.2. The van der Waals surface area contributed by atoms with Gasteiger partial charge in [-0.3, -0.25) is 14.5 Å². The third-order valence-corrected chi connectivity index (χ3v) is 3.00. The number of Topliss-reactive ketones (excluding diaryl/α,β-unsaturated/α-hetero) is 1. The van der Waals surface area contributed by atoms with E-state index in [1.54, 1.807) is 0 Å². The lowest BCUT2D eigenvalue weighted by atomic mass is 9.84. The van der Waals surface area contributed by atoms with Gasteiger partial charge in [0.1, 0.15) is 5.92 Å². The van der Waals surface area contributed by atoms with Gasteiger partial charge in [0.2, 0.25) is 0 Å². The van der Waals surface area contributed by atoms with Crippen LogP contribution in [-0.2, 0) is 14.3 Å². The van der Waals surface area contributed by atoms with Gasteiger partial charge < -0.3 is 4.74 Å². The number of carbonyl (C=O) groups is 2. The molecule has 4 nitrogen and oxygen atoms in total. The topological polar surface area (TPSA) is 46.6 Å². The van der Waals surface area contributed by atoms with E-state index in [0.717, 1.165) is 6.54 Å². The number of esters is 1. The molecule has 86 valence electrons. The molecule has 2 unspecified atom stereocenters. The van der Waals surface area contributed by atoms with Crippen LogP contribution in [0.2, 0.25) is 0 Å². The van der Waals surface area contributed by atoms with Gasteiger partial charge in [-0.2, -0.15) is 0 Å². The monoisotopic (exact) mass is 213 g/mol. The molecule has 1 aliphatic heterocycles. The van der Waals surface area contributed by atoms with Crippen LogP contribution in [0.3, 0.4) is 0 Å². The van der Waals surface area contributed by atoms with Crippen molar-refractivity contribution < 1.29 is 14.3 Å². The summed E-state index contributed by atoms with van der Waals surface area (Å²) in [5.41, 5.74) is 0. The van der Waals surface area contributed by atoms with Crippen molar-refractivity contribution in [1.82, 2.24) is 4.90 Å². The SMILES string of the molecule is COC(=O)C1CCN(C)C(C(C)C)C1=O. The second kappa shape index (κ2) is 4.75. The Morgan fingerprint density at radius 2 is 2.13 bits per heavy atom. The molecule has 4 heteroatoms. The van der Waals surface area contributed by atoms with E-state index >= 15 is 0 Å². The first kappa shape index (κ1) is 12.2. The van der Waals surface area contributed by atoms with Crippen molar-refractivity contribution in [1.29, 1.82) is 0 Å². The van der Waals surface area contributed by atoms with Crippen LogP contribution in [0.25, 0.3) is 0 Å². The van der Waals surface area contributed by atoms with Crippen molar-refractivity contribution in [3.05, 3.63) is 0 Å². The Bertz CT molecular complexity index is 263. The Labute approximate surface area is 90.6 Å². The number of hydrogen-bond acceptors (Lipinski definition) is 4. The van der Waals surface area contributed by atoms with Gasteiger partial charge in [0.15, 0.2) is 5.78 Å². The highest BCUT2D eigenvalue weighted by Crippen LogP contribution is 2.23. The first-order chi connectivity index (χ1) is 6.99. The average Bonchev–Trinajstić information content (AvgIpc) is 2.16. The maximum absolute atomic E-state index is 12.0. The molecule has 1 saturated heterocycles. The van der Waals surface area contributed by atoms with Crippen molar-refractivity contribution in [3.63, 3.8) is 0 Å². The largest absolute Gasteiger partial charge is 0.468 e. The van der Waals surface area contributed by atoms with Crippen LogP contribution in [-0.4, -0.2) is 43.4 Å². The van der Waals surface area contributed by atoms with Gasteiger partial charge in [0.05, 0.1) is 13.2 Å². The number of ether oxygens (including phenoxy) is 1. The molecule has 1 aliphatic rings. The summed E-state index contributed by atoms with van der Waals surface area (Å²) in [5.74, 6) is -0.710. The van der Waals surface area contributed by atoms with E-state index in [4.69, 9.17) is 0 Å². The van der Waals surface area contributed by atoms with Gasteiger partial charge in [-0.15, -0.1) is 0 Å². The van der Waals surface area contributed by atoms with E-state index < -0.39 is 11.9 Å². The zero-order valence-electron chi connectivity index (χ0n) is 9.82. The molecule has 0 aromatic carbocycles. The second-order valence-corrected chi connectivity index (χ2v) is 4.44. The van der Waals surface area contributed by atoms with E-state index in [1.165, 1.54) is 7.11 Å². The highest BCUT2D eigenvalue weighted by atomic mass is 16.5. The predicted octanol–water partition coefficient (Wildman–Crippen LogP) is 0.705. The van der Waals surface area contributed by atoms with E-state index in [9.17, 15) is 9.59 Å². The summed E-state index contributed by atoms with van der Waals surface area (Å²) >= 11 is 0. The molecular formula is C11H19NO3. The number of nitrogens with zero attached hydrogens (tertiary/aromatic N) is 1. The summed E-state index contributed by atoms with van der Waals surface area (Å²) in [6.07, 6.45) is 0.575. The molecule has 1 rings (SSSR count). The van der Waals surface area contributed by atoms with Crippen LogP contribution in [0.4, 0.5) is 0 Å². The van der Waals surface area contributed by atoms with Crippen LogP contribution < -0.4 is 0 Å². The fourth-order valence-corrected chi connectivity index (χ4v) is 2.25. The number of rotatable bonds is 2. The van der Waals surface area contributed by atoms with Crippen molar-refractivity contribution in [2.75, 3.05) is 20.7 Å². The minimum absolute atomic E-state index is 0.00519. The quantitative estimate of drug-likeness (QED) is 0.500. The van der Waals surface area contributed by atoms with Gasteiger partial charge in [-0.25, -0.2) is 0 Å². The third kappa shape index (κ3) is 2.37. The van der Waals surface area contributed by atoms with E-state index in [2.05, 4.69) is 4.74 Å². The van der Waals surface area contributed by atoms with Crippen LogP contribution in [0.15, 0.2) is 0 Å². The molecule has 0 aliphatic carbocycles. The van der Waals surface area contributed by atoms with Crippen LogP contribution >= 0.6 is 0 Å². The number of carbonyl (C=O) groups excluding carboxylic acids is 2. The van der Waals surface area contributed by atoms with Crippen LogP contribution in [0.5, 0.6) is 0 Å². The Morgan fingerprint density at radius 3 is 2.60 bits per heavy atom. The van der Waals surface area contributed by atoms with Gasteiger partial charge in [-0.1, -0.05) is 13.8 Å². The van der Waals surface area contributed by atoms with Crippen molar-refractivity contribution in [2.45, 2.75) is 26.3 Å². The van der Waals surface area contributed by atoms with E-state index in [1.807, 2.05) is 25.8 Å². The zero-order valence-corrected chi connectivity index (χ0v) is 9.82. The fraction of sp³-hybridized carbons (Fsp3) is 0.818. The Kier molecular flexibility index (Phi) is 3.85. The lowest BCUT2D eigenvalue weighted by Gasteiger charge is -2.36. The van der Waals surface area contributed by atoms with Gasteiger partial charge in [0.25, 0.3) is 0 Å². The zero-order chi connectivity index (χ0) is 11.6. The predicted molar refractivity (Wildman–Crippen MR) is 56.4 cm³/mol. The minimum Gasteiger partial charge on any atom is -0.468 e. The molecule has 1 fully saturated rings. The second-order valence-electron chi connectivity index (χ2n) is 4.44. The molecule has 0 aromatic heterocycles. The Morgan fingerprint density at radius 1 is 1.53 bits per heavy atom. The summed E-state index contributed by atoms with van der Waals surface area (Å²) in [7, 11) is 3.26. The maximum atomic E-state index is 12.0. The smallest absolute Gasteiger partial charge is 0.316 e. The number of piperidine rings is 1. The Balaban J connectivity index is 2.81. The van der Waals surface area contributed by atoms with Gasteiger partial charge in [0, 0.05) is 0 Å². The summed E-state index contributed by atoms with van der Waals surface area (Å²) < 4.78 is 4.65. The molecule has 0 saturated carbocycles. The molecule has 0 radical (unpaired) electrons. The van der Waals surface area contributed by atoms with Crippen molar-refractivity contribution >= 4 is 11.8 Å². The summed E-state index contributed by atoms with van der Waals surface area (Å²) in [6, 6.07) is -0.150. The molecule has 15 heavy (non-hydrogen) atoms. The minimum atomic E-state index is -0.557. The number of likely N-dealkylation sites (N-methyl/N-ethyl adjacent to an activating group) is 1. The van der Waals surface area contributed by atoms with Gasteiger partial charge in [-0.05, 0) is 25.9 Å².